The van der Waals surface area contributed by atoms with E-state index in [1.807, 2.05) is 30.3 Å². The zero-order valence-electron chi connectivity index (χ0n) is 9.53. The molecule has 1 aliphatic carbocycles. The normalized spacial score (nSPS) is 18.9. The third-order valence-corrected chi connectivity index (χ3v) is 3.40. The van der Waals surface area contributed by atoms with Crippen LogP contribution in [0.25, 0.3) is 0 Å². The van der Waals surface area contributed by atoms with Gasteiger partial charge in [0.1, 0.15) is 18.3 Å². The Morgan fingerprint density at radius 2 is 2.06 bits per heavy atom. The van der Waals surface area contributed by atoms with Crippen LogP contribution in [-0.4, -0.2) is 19.9 Å². The summed E-state index contributed by atoms with van der Waals surface area (Å²) in [5.41, 5.74) is 0.160. The van der Waals surface area contributed by atoms with Crippen molar-refractivity contribution in [1.82, 2.24) is 14.8 Å². The van der Waals surface area contributed by atoms with E-state index in [9.17, 15) is 5.11 Å². The lowest BCUT2D eigenvalue weighted by Gasteiger charge is -2.28. The van der Waals surface area contributed by atoms with Gasteiger partial charge in [0.15, 0.2) is 0 Å². The van der Waals surface area contributed by atoms with Crippen molar-refractivity contribution in [3.05, 3.63) is 48.5 Å². The molecule has 1 N–H and O–H groups in total. The molecule has 4 heteroatoms. The van der Waals surface area contributed by atoms with E-state index in [-0.39, 0.29) is 0 Å². The van der Waals surface area contributed by atoms with Crippen LogP contribution in [0, 0.1) is 5.92 Å². The highest BCUT2D eigenvalue weighted by Crippen LogP contribution is 2.46. The van der Waals surface area contributed by atoms with E-state index in [0.717, 1.165) is 18.4 Å². The predicted molar refractivity (Wildman–Crippen MR) is 63.1 cm³/mol. The van der Waals surface area contributed by atoms with Crippen LogP contribution in [0.5, 0.6) is 0 Å². The standard InChI is InChI=1S/C13H15N3O/c17-13(12-6-7-12,8-16-10-14-9-15-16)11-4-2-1-3-5-11/h1-5,9-10,12,17H,6-8H2. The van der Waals surface area contributed by atoms with E-state index in [1.54, 1.807) is 11.0 Å². The summed E-state index contributed by atoms with van der Waals surface area (Å²) in [7, 11) is 0. The molecule has 1 fully saturated rings. The largest absolute Gasteiger partial charge is 0.383 e. The van der Waals surface area contributed by atoms with Gasteiger partial charge in [0.2, 0.25) is 0 Å². The molecular formula is C13H15N3O. The van der Waals surface area contributed by atoms with Gasteiger partial charge >= 0.3 is 0 Å². The van der Waals surface area contributed by atoms with Gasteiger partial charge in [-0.3, -0.25) is 0 Å². The zero-order valence-corrected chi connectivity index (χ0v) is 9.53. The van der Waals surface area contributed by atoms with Crippen LogP contribution in [0.1, 0.15) is 18.4 Å². The van der Waals surface area contributed by atoms with Gasteiger partial charge < -0.3 is 5.11 Å². The minimum atomic E-state index is -0.811. The molecule has 0 radical (unpaired) electrons. The number of nitrogens with zero attached hydrogens (tertiary/aromatic N) is 3. The average molecular weight is 229 g/mol. The minimum absolute atomic E-state index is 0.342. The molecule has 0 amide bonds. The van der Waals surface area contributed by atoms with E-state index in [0.29, 0.717) is 12.5 Å². The predicted octanol–water partition coefficient (Wildman–Crippen LogP) is 1.58. The maximum atomic E-state index is 10.9. The molecule has 1 saturated carbocycles. The van der Waals surface area contributed by atoms with Crippen molar-refractivity contribution in [2.24, 2.45) is 5.92 Å². The molecule has 4 nitrogen and oxygen atoms in total. The first-order chi connectivity index (χ1) is 8.29. The van der Waals surface area contributed by atoms with Crippen LogP contribution in [0.2, 0.25) is 0 Å². The van der Waals surface area contributed by atoms with E-state index in [1.165, 1.54) is 6.33 Å². The monoisotopic (exact) mass is 229 g/mol. The molecule has 88 valence electrons. The lowest BCUT2D eigenvalue weighted by molar-refractivity contribution is -0.00776. The van der Waals surface area contributed by atoms with Crippen molar-refractivity contribution in [3.8, 4) is 0 Å². The van der Waals surface area contributed by atoms with Gasteiger partial charge in [-0.25, -0.2) is 9.67 Å². The molecular weight excluding hydrogens is 214 g/mol. The van der Waals surface area contributed by atoms with E-state index < -0.39 is 5.60 Å². The molecule has 0 spiro atoms. The van der Waals surface area contributed by atoms with Gasteiger partial charge in [-0.1, -0.05) is 30.3 Å². The number of hydrogen-bond acceptors (Lipinski definition) is 3. The van der Waals surface area contributed by atoms with Crippen LogP contribution in [-0.2, 0) is 12.1 Å². The van der Waals surface area contributed by atoms with Crippen molar-refractivity contribution in [2.45, 2.75) is 25.0 Å². The first-order valence-electron chi connectivity index (χ1n) is 5.89. The molecule has 0 saturated heterocycles. The Bertz CT molecular complexity index is 479. The highest BCUT2D eigenvalue weighted by atomic mass is 16.3. The maximum absolute atomic E-state index is 10.9. The number of aromatic nitrogens is 3. The van der Waals surface area contributed by atoms with Crippen LogP contribution in [0.4, 0.5) is 0 Å². The van der Waals surface area contributed by atoms with Crippen molar-refractivity contribution < 1.29 is 5.11 Å². The highest BCUT2D eigenvalue weighted by Gasteiger charge is 2.45. The van der Waals surface area contributed by atoms with Gasteiger partial charge in [0, 0.05) is 0 Å². The quantitative estimate of drug-likeness (QED) is 0.866. The summed E-state index contributed by atoms with van der Waals surface area (Å²) < 4.78 is 1.70. The van der Waals surface area contributed by atoms with Crippen LogP contribution < -0.4 is 0 Å². The average Bonchev–Trinajstić information content (AvgIpc) is 3.11. The van der Waals surface area contributed by atoms with E-state index in [4.69, 9.17) is 0 Å². The number of hydrogen-bond donors (Lipinski definition) is 1. The second kappa shape index (κ2) is 3.96. The molecule has 1 aromatic heterocycles. The fourth-order valence-corrected chi connectivity index (χ4v) is 2.31. The van der Waals surface area contributed by atoms with Gasteiger partial charge in [-0.2, -0.15) is 5.10 Å². The number of rotatable bonds is 4. The summed E-state index contributed by atoms with van der Waals surface area (Å²) in [5.74, 6) is 0.342. The van der Waals surface area contributed by atoms with Gasteiger partial charge in [-0.15, -0.1) is 0 Å². The van der Waals surface area contributed by atoms with Crippen LogP contribution in [0.3, 0.4) is 0 Å². The third-order valence-electron chi connectivity index (χ3n) is 3.40. The fraction of sp³-hybridized carbons (Fsp3) is 0.385. The molecule has 1 heterocycles. The van der Waals surface area contributed by atoms with E-state index >= 15 is 0 Å². The Morgan fingerprint density at radius 1 is 1.29 bits per heavy atom. The molecule has 1 atom stereocenters. The summed E-state index contributed by atoms with van der Waals surface area (Å²) in [6.45, 7) is 0.474. The summed E-state index contributed by atoms with van der Waals surface area (Å²) >= 11 is 0. The van der Waals surface area contributed by atoms with Crippen molar-refractivity contribution in [3.63, 3.8) is 0 Å². The SMILES string of the molecule is OC(Cn1cncn1)(c1ccccc1)C1CC1. The second-order valence-corrected chi connectivity index (χ2v) is 4.66. The van der Waals surface area contributed by atoms with Crippen LogP contribution >= 0.6 is 0 Å². The Balaban J connectivity index is 1.93. The molecule has 0 aliphatic heterocycles. The van der Waals surface area contributed by atoms with Gasteiger partial charge in [0.25, 0.3) is 0 Å². The topological polar surface area (TPSA) is 50.9 Å². The van der Waals surface area contributed by atoms with Crippen molar-refractivity contribution >= 4 is 0 Å². The molecule has 1 aliphatic rings. The van der Waals surface area contributed by atoms with Gasteiger partial charge in [-0.05, 0) is 24.3 Å². The third kappa shape index (κ3) is 1.96. The first-order valence-corrected chi connectivity index (χ1v) is 5.89. The Hall–Kier alpha value is -1.68. The molecule has 1 aromatic carbocycles. The van der Waals surface area contributed by atoms with E-state index in [2.05, 4.69) is 10.1 Å². The molecule has 2 aromatic rings. The molecule has 17 heavy (non-hydrogen) atoms. The number of benzene rings is 1. The Labute approximate surface area is 99.9 Å². The van der Waals surface area contributed by atoms with Crippen molar-refractivity contribution in [1.29, 1.82) is 0 Å². The second-order valence-electron chi connectivity index (χ2n) is 4.66. The highest BCUT2D eigenvalue weighted by molar-refractivity contribution is 5.24. The summed E-state index contributed by atoms with van der Waals surface area (Å²) in [6, 6.07) is 9.85. The fourth-order valence-electron chi connectivity index (χ4n) is 2.31. The molecule has 1 unspecified atom stereocenters. The minimum Gasteiger partial charge on any atom is -0.383 e. The lowest BCUT2D eigenvalue weighted by atomic mass is 9.89. The summed E-state index contributed by atoms with van der Waals surface area (Å²) in [4.78, 5) is 3.92. The first kappa shape index (κ1) is 10.5. The van der Waals surface area contributed by atoms with Crippen molar-refractivity contribution in [2.75, 3.05) is 0 Å². The summed E-state index contributed by atoms with van der Waals surface area (Å²) in [5, 5.41) is 15.0. The molecule has 3 rings (SSSR count). The van der Waals surface area contributed by atoms with Crippen LogP contribution in [0.15, 0.2) is 43.0 Å². The zero-order chi connectivity index (χ0) is 11.7. The lowest BCUT2D eigenvalue weighted by Crippen LogP contribution is -2.34. The summed E-state index contributed by atoms with van der Waals surface area (Å²) in [6.07, 6.45) is 5.31. The Morgan fingerprint density at radius 3 is 2.65 bits per heavy atom. The number of aliphatic hydroxyl groups is 1. The molecule has 0 bridgehead atoms. The smallest absolute Gasteiger partial charge is 0.137 e. The van der Waals surface area contributed by atoms with Gasteiger partial charge in [0.05, 0.1) is 6.54 Å². The Kier molecular flexibility index (Phi) is 2.44. The maximum Gasteiger partial charge on any atom is 0.137 e.